The number of benzene rings is 3. The highest BCUT2D eigenvalue weighted by Gasteiger charge is 2.30. The van der Waals surface area contributed by atoms with E-state index in [4.69, 9.17) is 0 Å². The van der Waals surface area contributed by atoms with Crippen molar-refractivity contribution in [2.45, 2.75) is 45.1 Å². The Morgan fingerprint density at radius 1 is 0.788 bits per heavy atom. The Bertz CT molecular complexity index is 950. The number of rotatable bonds is 11. The molecule has 33 heavy (non-hydrogen) atoms. The number of likely N-dealkylation sites (N-methyl/N-ethyl adjacent to an activating group) is 1. The van der Waals surface area contributed by atoms with Crippen molar-refractivity contribution in [2.75, 3.05) is 13.1 Å². The fourth-order valence-electron chi connectivity index (χ4n) is 4.28. The second-order valence-electron chi connectivity index (χ2n) is 8.22. The molecule has 2 amide bonds. The van der Waals surface area contributed by atoms with E-state index < -0.39 is 6.04 Å². The molecular formula is C29H34N2O2. The van der Waals surface area contributed by atoms with Crippen LogP contribution >= 0.6 is 0 Å². The minimum Gasteiger partial charge on any atom is -0.355 e. The molecule has 0 heterocycles. The molecule has 0 saturated heterocycles. The van der Waals surface area contributed by atoms with Crippen LogP contribution in [0.2, 0.25) is 0 Å². The van der Waals surface area contributed by atoms with Gasteiger partial charge >= 0.3 is 0 Å². The minimum atomic E-state index is -0.478. The summed E-state index contributed by atoms with van der Waals surface area (Å²) < 4.78 is 0. The predicted octanol–water partition coefficient (Wildman–Crippen LogP) is 5.19. The lowest BCUT2D eigenvalue weighted by Crippen LogP contribution is -2.50. The molecule has 0 aliphatic carbocycles. The van der Waals surface area contributed by atoms with Gasteiger partial charge in [-0.05, 0) is 36.5 Å². The lowest BCUT2D eigenvalue weighted by atomic mass is 9.88. The lowest BCUT2D eigenvalue weighted by Gasteiger charge is -2.32. The van der Waals surface area contributed by atoms with Gasteiger partial charge < -0.3 is 10.2 Å². The van der Waals surface area contributed by atoms with Gasteiger partial charge in [-0.15, -0.1) is 0 Å². The number of hydrogen-bond donors (Lipinski definition) is 1. The Labute approximate surface area is 197 Å². The van der Waals surface area contributed by atoms with E-state index >= 15 is 0 Å². The van der Waals surface area contributed by atoms with Crippen molar-refractivity contribution in [3.8, 4) is 0 Å². The van der Waals surface area contributed by atoms with Gasteiger partial charge in [-0.3, -0.25) is 9.59 Å². The highest BCUT2D eigenvalue weighted by molar-refractivity contribution is 5.88. The molecule has 3 aromatic carbocycles. The molecule has 3 rings (SSSR count). The van der Waals surface area contributed by atoms with Gasteiger partial charge in [0.15, 0.2) is 0 Å². The first-order valence-corrected chi connectivity index (χ1v) is 11.8. The smallest absolute Gasteiger partial charge is 0.242 e. The summed E-state index contributed by atoms with van der Waals surface area (Å²) in [5, 5.41) is 2.91. The van der Waals surface area contributed by atoms with Crippen molar-refractivity contribution < 1.29 is 9.59 Å². The van der Waals surface area contributed by atoms with Crippen LogP contribution in [0.5, 0.6) is 0 Å². The normalized spacial score (nSPS) is 11.7. The monoisotopic (exact) mass is 442 g/mol. The van der Waals surface area contributed by atoms with Crippen LogP contribution < -0.4 is 5.32 Å². The van der Waals surface area contributed by atoms with Crippen molar-refractivity contribution in [3.05, 3.63) is 108 Å². The number of carbonyl (C=O) groups is 2. The summed E-state index contributed by atoms with van der Waals surface area (Å²) in [6, 6.07) is 29.9. The van der Waals surface area contributed by atoms with Gasteiger partial charge in [0.05, 0.1) is 0 Å². The van der Waals surface area contributed by atoms with Crippen LogP contribution in [0, 0.1) is 0 Å². The van der Waals surface area contributed by atoms with E-state index in [1.165, 1.54) is 0 Å². The number of nitrogens with one attached hydrogen (secondary N) is 1. The van der Waals surface area contributed by atoms with Gasteiger partial charge in [-0.25, -0.2) is 0 Å². The summed E-state index contributed by atoms with van der Waals surface area (Å²) in [6.45, 7) is 4.93. The van der Waals surface area contributed by atoms with E-state index in [9.17, 15) is 9.59 Å². The highest BCUT2D eigenvalue weighted by Crippen LogP contribution is 2.29. The Hall–Kier alpha value is -3.40. The van der Waals surface area contributed by atoms with E-state index in [-0.39, 0.29) is 17.7 Å². The van der Waals surface area contributed by atoms with Crippen molar-refractivity contribution in [3.63, 3.8) is 0 Å². The summed E-state index contributed by atoms with van der Waals surface area (Å²) in [5.74, 6) is -0.148. The Kier molecular flexibility index (Phi) is 9.25. The van der Waals surface area contributed by atoms with Crippen molar-refractivity contribution in [2.24, 2.45) is 0 Å². The zero-order valence-corrected chi connectivity index (χ0v) is 19.6. The first-order valence-electron chi connectivity index (χ1n) is 11.8. The van der Waals surface area contributed by atoms with Crippen LogP contribution in [0.1, 0.15) is 49.3 Å². The fraction of sp³-hybridized carbons (Fsp3) is 0.310. The van der Waals surface area contributed by atoms with Gasteiger partial charge in [0, 0.05) is 25.4 Å². The number of nitrogens with zero attached hydrogens (tertiary/aromatic N) is 1. The molecule has 1 unspecified atom stereocenters. The highest BCUT2D eigenvalue weighted by atomic mass is 16.2. The van der Waals surface area contributed by atoms with Crippen LogP contribution in [0.3, 0.4) is 0 Å². The van der Waals surface area contributed by atoms with E-state index in [2.05, 4.69) is 41.7 Å². The molecule has 0 spiro atoms. The molecule has 0 aliphatic heterocycles. The van der Waals surface area contributed by atoms with Gasteiger partial charge in [0.25, 0.3) is 0 Å². The molecule has 0 radical (unpaired) electrons. The summed E-state index contributed by atoms with van der Waals surface area (Å²) in [4.78, 5) is 28.4. The maximum Gasteiger partial charge on any atom is 0.242 e. The minimum absolute atomic E-state index is 0.00161. The van der Waals surface area contributed by atoms with Crippen LogP contribution in [-0.2, 0) is 16.0 Å². The maximum atomic E-state index is 13.8. The molecule has 0 aromatic heterocycles. The van der Waals surface area contributed by atoms with Gasteiger partial charge in [-0.1, -0.05) is 97.9 Å². The molecule has 1 N–H and O–H groups in total. The largest absolute Gasteiger partial charge is 0.355 e. The average Bonchev–Trinajstić information content (AvgIpc) is 2.86. The van der Waals surface area contributed by atoms with Gasteiger partial charge in [0.1, 0.15) is 6.04 Å². The molecule has 0 bridgehead atoms. The average molecular weight is 443 g/mol. The Morgan fingerprint density at radius 3 is 1.79 bits per heavy atom. The molecular weight excluding hydrogens is 408 g/mol. The van der Waals surface area contributed by atoms with E-state index in [1.807, 2.05) is 68.4 Å². The second-order valence-corrected chi connectivity index (χ2v) is 8.22. The molecule has 0 fully saturated rings. The summed E-state index contributed by atoms with van der Waals surface area (Å²) in [7, 11) is 0. The standard InChI is InChI=1S/C29H34N2O2/c1-3-27(29(33)30-4-2)31(21-20-23-14-8-5-9-15-23)28(32)22-26(24-16-10-6-11-17-24)25-18-12-7-13-19-25/h5-19,26-27H,3-4,20-22H2,1-2H3,(H,30,33). The number of amides is 2. The van der Waals surface area contributed by atoms with Gasteiger partial charge in [-0.2, -0.15) is 0 Å². The molecule has 172 valence electrons. The third-order valence-electron chi connectivity index (χ3n) is 6.00. The topological polar surface area (TPSA) is 49.4 Å². The summed E-state index contributed by atoms with van der Waals surface area (Å²) >= 11 is 0. The zero-order valence-electron chi connectivity index (χ0n) is 19.6. The van der Waals surface area contributed by atoms with Crippen LogP contribution in [0.4, 0.5) is 0 Å². The number of carbonyl (C=O) groups excluding carboxylic acids is 2. The molecule has 4 heteroatoms. The molecule has 1 atom stereocenters. The van der Waals surface area contributed by atoms with Crippen LogP contribution in [-0.4, -0.2) is 35.8 Å². The third-order valence-corrected chi connectivity index (χ3v) is 6.00. The molecule has 3 aromatic rings. The Balaban J connectivity index is 1.88. The Morgan fingerprint density at radius 2 is 1.30 bits per heavy atom. The summed E-state index contributed by atoms with van der Waals surface area (Å²) in [6.07, 6.45) is 1.61. The molecule has 0 aliphatic rings. The van der Waals surface area contributed by atoms with Crippen molar-refractivity contribution in [1.82, 2.24) is 10.2 Å². The molecule has 4 nitrogen and oxygen atoms in total. The van der Waals surface area contributed by atoms with Crippen LogP contribution in [0.15, 0.2) is 91.0 Å². The second kappa shape index (κ2) is 12.6. The summed E-state index contributed by atoms with van der Waals surface area (Å²) in [5.41, 5.74) is 3.36. The third kappa shape index (κ3) is 6.79. The first kappa shape index (κ1) is 24.2. The first-order chi connectivity index (χ1) is 16.1. The van der Waals surface area contributed by atoms with Crippen molar-refractivity contribution in [1.29, 1.82) is 0 Å². The molecule has 0 saturated carbocycles. The quantitative estimate of drug-likeness (QED) is 0.444. The van der Waals surface area contributed by atoms with Crippen LogP contribution in [0.25, 0.3) is 0 Å². The number of hydrogen-bond acceptors (Lipinski definition) is 2. The zero-order chi connectivity index (χ0) is 23.5. The van der Waals surface area contributed by atoms with Gasteiger partial charge in [0.2, 0.25) is 11.8 Å². The SMILES string of the molecule is CCNC(=O)C(CC)N(CCc1ccccc1)C(=O)CC(c1ccccc1)c1ccccc1. The van der Waals surface area contributed by atoms with E-state index in [1.54, 1.807) is 4.90 Å². The van der Waals surface area contributed by atoms with E-state index in [0.717, 1.165) is 16.7 Å². The van der Waals surface area contributed by atoms with Crippen molar-refractivity contribution >= 4 is 11.8 Å². The predicted molar refractivity (Wildman–Crippen MR) is 134 cm³/mol. The lowest BCUT2D eigenvalue weighted by molar-refractivity contribution is -0.140. The fourth-order valence-corrected chi connectivity index (χ4v) is 4.28. The van der Waals surface area contributed by atoms with E-state index in [0.29, 0.717) is 32.4 Å². The maximum absolute atomic E-state index is 13.8.